The van der Waals surface area contributed by atoms with Crippen LogP contribution in [0, 0.1) is 0 Å². The van der Waals surface area contributed by atoms with Gasteiger partial charge in [-0.1, -0.05) is 18.2 Å². The molecule has 2 aromatic carbocycles. The summed E-state index contributed by atoms with van der Waals surface area (Å²) in [6.45, 7) is 0. The van der Waals surface area contributed by atoms with Crippen molar-refractivity contribution in [3.63, 3.8) is 0 Å². The van der Waals surface area contributed by atoms with Crippen molar-refractivity contribution in [3.8, 4) is 11.5 Å². The number of phenols is 2. The molecule has 3 heteroatoms. The molecule has 1 aromatic heterocycles. The van der Waals surface area contributed by atoms with E-state index < -0.39 is 0 Å². The van der Waals surface area contributed by atoms with Gasteiger partial charge in [0.15, 0.2) is 0 Å². The largest absolute Gasteiger partial charge is 0.508 e. The molecular weight excluding hydrogens is 216 g/mol. The highest BCUT2D eigenvalue weighted by molar-refractivity contribution is 5.76. The van der Waals surface area contributed by atoms with Crippen molar-refractivity contribution in [1.82, 2.24) is 0 Å². The van der Waals surface area contributed by atoms with Gasteiger partial charge in [0.1, 0.15) is 17.1 Å². The minimum Gasteiger partial charge on any atom is -0.508 e. The van der Waals surface area contributed by atoms with E-state index in [1.165, 1.54) is 24.3 Å². The van der Waals surface area contributed by atoms with Gasteiger partial charge in [0.05, 0.1) is 6.26 Å². The van der Waals surface area contributed by atoms with Gasteiger partial charge < -0.3 is 14.6 Å². The summed E-state index contributed by atoms with van der Waals surface area (Å²) in [6, 6.07) is 15.6. The minimum atomic E-state index is 0.169. The molecule has 0 fully saturated rings. The fourth-order valence-electron chi connectivity index (χ4n) is 1.36. The average molecular weight is 228 g/mol. The predicted octanol–water partition coefficient (Wildman–Crippen LogP) is 3.53. The Bertz CT molecular complexity index is 530. The van der Waals surface area contributed by atoms with Gasteiger partial charge >= 0.3 is 0 Å². The van der Waals surface area contributed by atoms with E-state index in [0.717, 1.165) is 11.0 Å². The summed E-state index contributed by atoms with van der Waals surface area (Å²) in [6.07, 6.45) is 1.70. The molecule has 3 aromatic rings. The molecule has 17 heavy (non-hydrogen) atoms. The molecule has 1 heterocycles. The lowest BCUT2D eigenvalue weighted by atomic mass is 10.3. The van der Waals surface area contributed by atoms with Crippen LogP contribution in [0.15, 0.2) is 65.3 Å². The number of hydrogen-bond donors (Lipinski definition) is 2. The van der Waals surface area contributed by atoms with Crippen LogP contribution >= 0.6 is 0 Å². The van der Waals surface area contributed by atoms with Crippen LogP contribution in [0.4, 0.5) is 0 Å². The number of furan rings is 1. The number of rotatable bonds is 0. The van der Waals surface area contributed by atoms with Crippen LogP contribution in [0.3, 0.4) is 0 Å². The van der Waals surface area contributed by atoms with E-state index in [1.54, 1.807) is 6.26 Å². The molecule has 0 atom stereocenters. The Morgan fingerprint density at radius 1 is 0.706 bits per heavy atom. The average Bonchev–Trinajstić information content (AvgIpc) is 2.82. The molecule has 0 spiro atoms. The number of para-hydroxylation sites is 1. The minimum absolute atomic E-state index is 0.169. The van der Waals surface area contributed by atoms with Crippen molar-refractivity contribution < 1.29 is 14.6 Å². The van der Waals surface area contributed by atoms with Crippen molar-refractivity contribution in [2.75, 3.05) is 0 Å². The van der Waals surface area contributed by atoms with Gasteiger partial charge in [-0.2, -0.15) is 0 Å². The topological polar surface area (TPSA) is 53.6 Å². The Balaban J connectivity index is 0.000000128. The second kappa shape index (κ2) is 5.07. The molecule has 0 aliphatic heterocycles. The van der Waals surface area contributed by atoms with Crippen molar-refractivity contribution in [3.05, 3.63) is 60.9 Å². The third-order valence-electron chi connectivity index (χ3n) is 2.21. The van der Waals surface area contributed by atoms with Gasteiger partial charge in [-0.3, -0.25) is 0 Å². The van der Waals surface area contributed by atoms with Crippen molar-refractivity contribution in [1.29, 1.82) is 0 Å². The highest BCUT2D eigenvalue weighted by Gasteiger charge is 1.89. The number of hydrogen-bond acceptors (Lipinski definition) is 3. The summed E-state index contributed by atoms with van der Waals surface area (Å²) in [4.78, 5) is 0. The van der Waals surface area contributed by atoms with Crippen molar-refractivity contribution >= 4 is 11.0 Å². The zero-order valence-electron chi connectivity index (χ0n) is 9.08. The molecule has 3 nitrogen and oxygen atoms in total. The first-order valence-electron chi connectivity index (χ1n) is 5.16. The lowest BCUT2D eigenvalue weighted by molar-refractivity contribution is 0.460. The number of aromatic hydroxyl groups is 2. The summed E-state index contributed by atoms with van der Waals surface area (Å²) in [5, 5.41) is 18.5. The third kappa shape index (κ3) is 3.01. The van der Waals surface area contributed by atoms with E-state index in [-0.39, 0.29) is 11.5 Å². The number of fused-ring (bicyclic) bond motifs is 1. The van der Waals surface area contributed by atoms with Crippen LogP contribution in [0.25, 0.3) is 11.0 Å². The van der Waals surface area contributed by atoms with Gasteiger partial charge in [0.25, 0.3) is 0 Å². The van der Waals surface area contributed by atoms with Gasteiger partial charge in [0.2, 0.25) is 0 Å². The molecule has 3 rings (SSSR count). The van der Waals surface area contributed by atoms with Gasteiger partial charge in [-0.05, 0) is 36.4 Å². The van der Waals surface area contributed by atoms with Gasteiger partial charge in [0, 0.05) is 5.39 Å². The van der Waals surface area contributed by atoms with Crippen LogP contribution < -0.4 is 0 Å². The van der Waals surface area contributed by atoms with E-state index in [4.69, 9.17) is 14.6 Å². The molecule has 0 aliphatic rings. The molecule has 0 saturated heterocycles. The maximum Gasteiger partial charge on any atom is 0.133 e. The SMILES string of the molecule is Oc1ccc(O)cc1.c1ccc2occc2c1. The first-order valence-corrected chi connectivity index (χ1v) is 5.16. The fraction of sp³-hybridized carbons (Fsp3) is 0. The van der Waals surface area contributed by atoms with Crippen LogP contribution in [0.1, 0.15) is 0 Å². The summed E-state index contributed by atoms with van der Waals surface area (Å²) in [5.74, 6) is 0.339. The summed E-state index contributed by atoms with van der Waals surface area (Å²) in [7, 11) is 0. The molecule has 2 N–H and O–H groups in total. The Morgan fingerprint density at radius 3 is 1.88 bits per heavy atom. The normalized spacial score (nSPS) is 9.65. The Labute approximate surface area is 98.6 Å². The van der Waals surface area contributed by atoms with Gasteiger partial charge in [-0.15, -0.1) is 0 Å². The number of phenolic OH excluding ortho intramolecular Hbond substituents is 2. The molecule has 0 saturated carbocycles. The molecule has 0 radical (unpaired) electrons. The number of benzene rings is 2. The maximum atomic E-state index is 8.65. The lowest BCUT2D eigenvalue weighted by Gasteiger charge is -1.88. The summed E-state index contributed by atoms with van der Waals surface area (Å²) >= 11 is 0. The Morgan fingerprint density at radius 2 is 1.29 bits per heavy atom. The second-order valence-electron chi connectivity index (χ2n) is 3.47. The molecule has 0 aliphatic carbocycles. The molecule has 86 valence electrons. The molecule has 0 bridgehead atoms. The predicted molar refractivity (Wildman–Crippen MR) is 66.0 cm³/mol. The zero-order chi connectivity index (χ0) is 12.1. The molecular formula is C14H12O3. The Kier molecular flexibility index (Phi) is 3.31. The highest BCUT2D eigenvalue weighted by atomic mass is 16.3. The smallest absolute Gasteiger partial charge is 0.133 e. The summed E-state index contributed by atoms with van der Waals surface area (Å²) in [5.41, 5.74) is 0.956. The molecule has 0 unspecified atom stereocenters. The Hall–Kier alpha value is -2.42. The van der Waals surface area contributed by atoms with Crippen LogP contribution in [0.5, 0.6) is 11.5 Å². The summed E-state index contributed by atoms with van der Waals surface area (Å²) < 4.78 is 5.12. The van der Waals surface area contributed by atoms with Crippen LogP contribution in [-0.4, -0.2) is 10.2 Å². The fourth-order valence-corrected chi connectivity index (χ4v) is 1.36. The van der Waals surface area contributed by atoms with Crippen molar-refractivity contribution in [2.24, 2.45) is 0 Å². The first kappa shape index (κ1) is 11.1. The standard InChI is InChI=1S/C8H6O.C6H6O2/c1-2-4-8-7(3-1)5-6-9-8;7-5-1-2-6(8)4-3-5/h1-6H;1-4,7-8H. The van der Waals surface area contributed by atoms with E-state index in [1.807, 2.05) is 30.3 Å². The second-order valence-corrected chi connectivity index (χ2v) is 3.47. The van der Waals surface area contributed by atoms with E-state index in [0.29, 0.717) is 0 Å². The highest BCUT2D eigenvalue weighted by Crippen LogP contribution is 2.13. The van der Waals surface area contributed by atoms with E-state index in [9.17, 15) is 0 Å². The molecule has 0 amide bonds. The van der Waals surface area contributed by atoms with E-state index >= 15 is 0 Å². The third-order valence-corrected chi connectivity index (χ3v) is 2.21. The first-order chi connectivity index (χ1) is 8.25. The van der Waals surface area contributed by atoms with Crippen LogP contribution in [0.2, 0.25) is 0 Å². The quantitative estimate of drug-likeness (QED) is 0.579. The monoisotopic (exact) mass is 228 g/mol. The van der Waals surface area contributed by atoms with Crippen LogP contribution in [-0.2, 0) is 0 Å². The maximum absolute atomic E-state index is 8.65. The van der Waals surface area contributed by atoms with Crippen molar-refractivity contribution in [2.45, 2.75) is 0 Å². The zero-order valence-corrected chi connectivity index (χ0v) is 9.08. The van der Waals surface area contributed by atoms with E-state index in [2.05, 4.69) is 0 Å². The lowest BCUT2D eigenvalue weighted by Crippen LogP contribution is -1.61. The van der Waals surface area contributed by atoms with Gasteiger partial charge in [-0.25, -0.2) is 0 Å².